The summed E-state index contributed by atoms with van der Waals surface area (Å²) in [5, 5.41) is 21.9. The van der Waals surface area contributed by atoms with Gasteiger partial charge in [0.25, 0.3) is 0 Å². The summed E-state index contributed by atoms with van der Waals surface area (Å²) in [6.45, 7) is 1.41. The van der Waals surface area contributed by atoms with Crippen molar-refractivity contribution in [2.75, 3.05) is 7.11 Å². The molecule has 0 spiro atoms. The molecule has 2 unspecified atom stereocenters. The molecule has 0 aromatic heterocycles. The predicted molar refractivity (Wildman–Crippen MR) is 68.2 cm³/mol. The van der Waals surface area contributed by atoms with Crippen LogP contribution in [0.2, 0.25) is 0 Å². The van der Waals surface area contributed by atoms with Gasteiger partial charge in [-0.1, -0.05) is 6.07 Å². The van der Waals surface area contributed by atoms with Gasteiger partial charge in [-0.15, -0.1) is 0 Å². The molecule has 1 rings (SSSR count). The topological polar surface area (TPSA) is 117 Å². The molecule has 0 amide bonds. The summed E-state index contributed by atoms with van der Waals surface area (Å²) in [6, 6.07) is 8.23. The van der Waals surface area contributed by atoms with E-state index in [9.17, 15) is 8.42 Å². The van der Waals surface area contributed by atoms with Gasteiger partial charge in [0, 0.05) is 7.11 Å². The van der Waals surface area contributed by atoms with Gasteiger partial charge in [-0.05, 0) is 24.6 Å². The number of primary sulfonamides is 1. The highest BCUT2D eigenvalue weighted by molar-refractivity contribution is 7.89. The Hall–Kier alpha value is -1.93. The van der Waals surface area contributed by atoms with E-state index in [1.807, 2.05) is 12.1 Å². The fourth-order valence-electron chi connectivity index (χ4n) is 1.71. The minimum Gasteiger partial charge on any atom is -0.375 e. The van der Waals surface area contributed by atoms with Gasteiger partial charge < -0.3 is 4.74 Å². The summed E-state index contributed by atoms with van der Waals surface area (Å²) in [4.78, 5) is 0. The average Bonchev–Trinajstić information content (AvgIpc) is 2.38. The van der Waals surface area contributed by atoms with E-state index in [2.05, 4.69) is 0 Å². The number of rotatable bonds is 4. The molecule has 19 heavy (non-hydrogen) atoms. The summed E-state index contributed by atoms with van der Waals surface area (Å²) in [5.41, 5.74) is 0.908. The Kier molecular flexibility index (Phi) is 4.62. The predicted octanol–water partition coefficient (Wildman–Crippen LogP) is 0.794. The molecular formula is C12H13N3O3S. The fraction of sp³-hybridized carbons (Fsp3) is 0.333. The monoisotopic (exact) mass is 279 g/mol. The third-order valence-corrected chi connectivity index (χ3v) is 4.09. The largest absolute Gasteiger partial charge is 0.375 e. The van der Waals surface area contributed by atoms with Crippen LogP contribution in [0.1, 0.15) is 29.7 Å². The molecule has 7 heteroatoms. The molecule has 2 atom stereocenters. The number of methoxy groups -OCH3 is 1. The second kappa shape index (κ2) is 5.81. The summed E-state index contributed by atoms with van der Waals surface area (Å²) in [5.74, 6) is 0. The second-order valence-electron chi connectivity index (χ2n) is 3.98. The minimum absolute atomic E-state index is 0.196. The number of hydrogen-bond donors (Lipinski definition) is 1. The molecule has 0 bridgehead atoms. The molecule has 0 radical (unpaired) electrons. The molecule has 0 fully saturated rings. The number of ether oxygens (including phenoxy) is 1. The van der Waals surface area contributed by atoms with Gasteiger partial charge in [0.15, 0.2) is 0 Å². The van der Waals surface area contributed by atoms with Crippen molar-refractivity contribution in [1.82, 2.24) is 0 Å². The molecule has 6 nitrogen and oxygen atoms in total. The highest BCUT2D eigenvalue weighted by Crippen LogP contribution is 2.27. The van der Waals surface area contributed by atoms with Crippen LogP contribution >= 0.6 is 0 Å². The Morgan fingerprint density at radius 1 is 1.32 bits per heavy atom. The molecule has 100 valence electrons. The molecule has 1 aromatic rings. The van der Waals surface area contributed by atoms with Crippen molar-refractivity contribution >= 4 is 10.0 Å². The zero-order valence-corrected chi connectivity index (χ0v) is 11.3. The van der Waals surface area contributed by atoms with Crippen molar-refractivity contribution in [3.05, 3.63) is 34.9 Å². The summed E-state index contributed by atoms with van der Waals surface area (Å²) < 4.78 is 27.9. The average molecular weight is 279 g/mol. The van der Waals surface area contributed by atoms with Gasteiger partial charge in [0.2, 0.25) is 10.0 Å². The van der Waals surface area contributed by atoms with Crippen molar-refractivity contribution in [3.63, 3.8) is 0 Å². The van der Waals surface area contributed by atoms with E-state index in [0.29, 0.717) is 11.1 Å². The molecule has 0 aliphatic carbocycles. The quantitative estimate of drug-likeness (QED) is 0.874. The van der Waals surface area contributed by atoms with Crippen LogP contribution in [0.3, 0.4) is 0 Å². The Labute approximate surface area is 112 Å². The first-order chi connectivity index (χ1) is 8.85. The zero-order valence-electron chi connectivity index (χ0n) is 10.5. The molecule has 1 aromatic carbocycles. The first kappa shape index (κ1) is 15.1. The lowest BCUT2D eigenvalue weighted by Crippen LogP contribution is -2.32. The zero-order chi connectivity index (χ0) is 14.6. The van der Waals surface area contributed by atoms with Gasteiger partial charge in [-0.3, -0.25) is 0 Å². The standard InChI is InChI=1S/C12H13N3O3S/c1-8(19(15,16)17)12(18-2)11-4-3-9(6-13)5-10(11)7-14/h3-5,8,12H,1-2H3,(H2,15,16,17). The number of benzene rings is 1. The van der Waals surface area contributed by atoms with Crippen LogP contribution in [0.4, 0.5) is 0 Å². The Balaban J connectivity index is 3.36. The van der Waals surface area contributed by atoms with Gasteiger partial charge in [0.1, 0.15) is 11.4 Å². The van der Waals surface area contributed by atoms with Crippen LogP contribution in [-0.4, -0.2) is 20.8 Å². The molecular weight excluding hydrogens is 266 g/mol. The Morgan fingerprint density at radius 3 is 2.37 bits per heavy atom. The second-order valence-corrected chi connectivity index (χ2v) is 5.90. The van der Waals surface area contributed by atoms with Gasteiger partial charge in [0.05, 0.1) is 23.3 Å². The van der Waals surface area contributed by atoms with Gasteiger partial charge in [-0.25, -0.2) is 13.6 Å². The van der Waals surface area contributed by atoms with Crippen LogP contribution < -0.4 is 5.14 Å². The van der Waals surface area contributed by atoms with Gasteiger partial charge >= 0.3 is 0 Å². The number of nitriles is 2. The first-order valence-electron chi connectivity index (χ1n) is 5.33. The van der Waals surface area contributed by atoms with Crippen LogP contribution in [0.5, 0.6) is 0 Å². The number of sulfonamides is 1. The van der Waals surface area contributed by atoms with Crippen molar-refractivity contribution in [3.8, 4) is 12.1 Å². The van der Waals surface area contributed by atoms with Crippen LogP contribution in [0.25, 0.3) is 0 Å². The molecule has 0 saturated heterocycles. The van der Waals surface area contributed by atoms with E-state index in [-0.39, 0.29) is 5.56 Å². The third-order valence-electron chi connectivity index (χ3n) is 2.81. The van der Waals surface area contributed by atoms with Crippen LogP contribution in [-0.2, 0) is 14.8 Å². The highest BCUT2D eigenvalue weighted by Gasteiger charge is 2.29. The van der Waals surface area contributed by atoms with Crippen molar-refractivity contribution < 1.29 is 13.2 Å². The maximum absolute atomic E-state index is 11.4. The lowest BCUT2D eigenvalue weighted by molar-refractivity contribution is 0.102. The molecule has 0 aliphatic heterocycles. The number of nitrogens with two attached hydrogens (primary N) is 1. The molecule has 0 saturated carbocycles. The highest BCUT2D eigenvalue weighted by atomic mass is 32.2. The normalized spacial score (nSPS) is 14.2. The minimum atomic E-state index is -3.80. The first-order valence-corrected chi connectivity index (χ1v) is 6.94. The van der Waals surface area contributed by atoms with Crippen molar-refractivity contribution in [2.24, 2.45) is 5.14 Å². The Bertz CT molecular complexity index is 656. The van der Waals surface area contributed by atoms with E-state index >= 15 is 0 Å². The van der Waals surface area contributed by atoms with Crippen molar-refractivity contribution in [2.45, 2.75) is 18.3 Å². The van der Waals surface area contributed by atoms with Crippen molar-refractivity contribution in [1.29, 1.82) is 10.5 Å². The maximum Gasteiger partial charge on any atom is 0.214 e. The molecule has 2 N–H and O–H groups in total. The number of nitrogens with zero attached hydrogens (tertiary/aromatic N) is 2. The fourth-order valence-corrected chi connectivity index (χ4v) is 2.32. The van der Waals surface area contributed by atoms with E-state index in [4.69, 9.17) is 20.4 Å². The van der Waals surface area contributed by atoms with E-state index < -0.39 is 21.4 Å². The van der Waals surface area contributed by atoms with E-state index in [1.54, 1.807) is 0 Å². The SMILES string of the molecule is COC(c1ccc(C#N)cc1C#N)C(C)S(N)(=O)=O. The number of hydrogen-bond acceptors (Lipinski definition) is 5. The lowest BCUT2D eigenvalue weighted by Gasteiger charge is -2.22. The van der Waals surface area contributed by atoms with Crippen LogP contribution in [0, 0.1) is 22.7 Å². The van der Waals surface area contributed by atoms with Gasteiger partial charge in [-0.2, -0.15) is 10.5 Å². The maximum atomic E-state index is 11.4. The van der Waals surface area contributed by atoms with Crippen LogP contribution in [0.15, 0.2) is 18.2 Å². The molecule has 0 heterocycles. The van der Waals surface area contributed by atoms with E-state index in [1.165, 1.54) is 32.2 Å². The lowest BCUT2D eigenvalue weighted by atomic mass is 9.99. The smallest absolute Gasteiger partial charge is 0.214 e. The third kappa shape index (κ3) is 3.30. The summed E-state index contributed by atoms with van der Waals surface area (Å²) in [7, 11) is -2.46. The molecule has 0 aliphatic rings. The van der Waals surface area contributed by atoms with E-state index in [0.717, 1.165) is 0 Å². The summed E-state index contributed by atoms with van der Waals surface area (Å²) >= 11 is 0. The Morgan fingerprint density at radius 2 is 1.95 bits per heavy atom. The summed E-state index contributed by atoms with van der Waals surface area (Å²) in [6.07, 6.45) is -0.864.